The van der Waals surface area contributed by atoms with E-state index in [-0.39, 0.29) is 5.91 Å². The van der Waals surface area contributed by atoms with Crippen molar-refractivity contribution in [1.82, 2.24) is 9.55 Å². The molecule has 60 valence electrons. The van der Waals surface area contributed by atoms with Crippen LogP contribution in [-0.2, 0) is 11.8 Å². The lowest BCUT2D eigenvalue weighted by Crippen LogP contribution is -2.09. The van der Waals surface area contributed by atoms with Crippen LogP contribution in [0.3, 0.4) is 0 Å². The number of aryl methyl sites for hydroxylation is 2. The molecule has 1 rings (SSSR count). The van der Waals surface area contributed by atoms with Crippen molar-refractivity contribution in [2.45, 2.75) is 13.8 Å². The molecule has 0 aliphatic heterocycles. The molecule has 4 nitrogen and oxygen atoms in total. The highest BCUT2D eigenvalue weighted by Crippen LogP contribution is 2.04. The van der Waals surface area contributed by atoms with Crippen LogP contribution in [0.5, 0.6) is 0 Å². The normalized spacial score (nSPS) is 9.73. The number of carbonyl (C=O) groups excluding carboxylic acids is 1. The van der Waals surface area contributed by atoms with Gasteiger partial charge in [0, 0.05) is 20.2 Å². The zero-order chi connectivity index (χ0) is 8.43. The van der Waals surface area contributed by atoms with Gasteiger partial charge in [0.2, 0.25) is 11.9 Å². The summed E-state index contributed by atoms with van der Waals surface area (Å²) in [5.41, 5.74) is 0.899. The van der Waals surface area contributed by atoms with E-state index in [2.05, 4.69) is 10.3 Å². The standard InChI is InChI=1S/C7H11N3O/c1-5-4-10(3)7(8-5)9-6(2)11/h4H,1-3H3,(H,8,9,11). The van der Waals surface area contributed by atoms with E-state index in [0.717, 1.165) is 5.69 Å². The van der Waals surface area contributed by atoms with E-state index in [0.29, 0.717) is 5.95 Å². The first-order valence-corrected chi connectivity index (χ1v) is 3.37. The summed E-state index contributed by atoms with van der Waals surface area (Å²) >= 11 is 0. The Balaban J connectivity index is 2.85. The number of hydrogen-bond donors (Lipinski definition) is 1. The van der Waals surface area contributed by atoms with E-state index in [4.69, 9.17) is 0 Å². The van der Waals surface area contributed by atoms with E-state index in [1.807, 2.05) is 20.2 Å². The maximum atomic E-state index is 10.6. The third-order valence-corrected chi connectivity index (χ3v) is 1.28. The summed E-state index contributed by atoms with van der Waals surface area (Å²) in [6.07, 6.45) is 1.85. The fraction of sp³-hybridized carbons (Fsp3) is 0.429. The second-order valence-corrected chi connectivity index (χ2v) is 2.50. The minimum absolute atomic E-state index is 0.0984. The maximum Gasteiger partial charge on any atom is 0.223 e. The van der Waals surface area contributed by atoms with Crippen LogP contribution < -0.4 is 5.32 Å². The van der Waals surface area contributed by atoms with Gasteiger partial charge in [-0.15, -0.1) is 0 Å². The van der Waals surface area contributed by atoms with Gasteiger partial charge in [-0.25, -0.2) is 4.98 Å². The number of amides is 1. The second kappa shape index (κ2) is 2.74. The Hall–Kier alpha value is -1.32. The summed E-state index contributed by atoms with van der Waals surface area (Å²) in [6, 6.07) is 0. The van der Waals surface area contributed by atoms with Gasteiger partial charge < -0.3 is 4.57 Å². The SMILES string of the molecule is CC(=O)Nc1nc(C)cn1C. The number of imidazole rings is 1. The Morgan fingerprint density at radius 1 is 1.73 bits per heavy atom. The molecule has 0 aliphatic rings. The van der Waals surface area contributed by atoms with Crippen molar-refractivity contribution in [2.75, 3.05) is 5.32 Å². The molecule has 4 heteroatoms. The molecule has 1 amide bonds. The Morgan fingerprint density at radius 2 is 2.36 bits per heavy atom. The fourth-order valence-corrected chi connectivity index (χ4v) is 0.890. The molecule has 1 N–H and O–H groups in total. The lowest BCUT2D eigenvalue weighted by molar-refractivity contribution is -0.114. The number of nitrogens with one attached hydrogen (secondary N) is 1. The lowest BCUT2D eigenvalue weighted by atomic mass is 10.6. The van der Waals surface area contributed by atoms with E-state index < -0.39 is 0 Å². The van der Waals surface area contributed by atoms with Crippen LogP contribution in [0.1, 0.15) is 12.6 Å². The molecule has 0 saturated heterocycles. The molecular weight excluding hydrogens is 142 g/mol. The van der Waals surface area contributed by atoms with Crippen molar-refractivity contribution in [1.29, 1.82) is 0 Å². The average Bonchev–Trinajstić information content (AvgIpc) is 2.09. The summed E-state index contributed by atoms with van der Waals surface area (Å²) in [5.74, 6) is 0.494. The van der Waals surface area contributed by atoms with Gasteiger partial charge in [-0.05, 0) is 6.92 Å². The summed E-state index contributed by atoms with van der Waals surface area (Å²) in [6.45, 7) is 3.34. The molecule has 0 fully saturated rings. The van der Waals surface area contributed by atoms with Crippen LogP contribution in [0.2, 0.25) is 0 Å². The van der Waals surface area contributed by atoms with E-state index in [1.165, 1.54) is 6.92 Å². The highest BCUT2D eigenvalue weighted by Gasteiger charge is 2.01. The Bertz CT molecular complexity index is 277. The molecule has 0 atom stereocenters. The molecule has 0 unspecified atom stereocenters. The predicted octanol–water partition coefficient (Wildman–Crippen LogP) is 0.687. The van der Waals surface area contributed by atoms with Crippen LogP contribution in [-0.4, -0.2) is 15.5 Å². The van der Waals surface area contributed by atoms with Crippen molar-refractivity contribution < 1.29 is 4.79 Å². The van der Waals surface area contributed by atoms with Crippen molar-refractivity contribution >= 4 is 11.9 Å². The third-order valence-electron chi connectivity index (χ3n) is 1.28. The highest BCUT2D eigenvalue weighted by atomic mass is 16.1. The van der Waals surface area contributed by atoms with Gasteiger partial charge in [0.25, 0.3) is 0 Å². The van der Waals surface area contributed by atoms with Gasteiger partial charge >= 0.3 is 0 Å². The van der Waals surface area contributed by atoms with Crippen molar-refractivity contribution in [3.8, 4) is 0 Å². The van der Waals surface area contributed by atoms with Crippen LogP contribution in [0.4, 0.5) is 5.95 Å². The zero-order valence-corrected chi connectivity index (χ0v) is 6.88. The molecule has 0 radical (unpaired) electrons. The van der Waals surface area contributed by atoms with Crippen LogP contribution >= 0.6 is 0 Å². The molecule has 0 aromatic carbocycles. The molecule has 0 saturated carbocycles. The topological polar surface area (TPSA) is 46.9 Å². The van der Waals surface area contributed by atoms with Crippen LogP contribution in [0.15, 0.2) is 6.20 Å². The molecule has 1 heterocycles. The number of aromatic nitrogens is 2. The first kappa shape index (κ1) is 7.78. The number of nitrogens with zero attached hydrogens (tertiary/aromatic N) is 2. The lowest BCUT2D eigenvalue weighted by Gasteiger charge is -1.99. The van der Waals surface area contributed by atoms with E-state index >= 15 is 0 Å². The molecule has 0 spiro atoms. The first-order chi connectivity index (χ1) is 5.09. The van der Waals surface area contributed by atoms with Gasteiger partial charge in [-0.1, -0.05) is 0 Å². The van der Waals surface area contributed by atoms with Gasteiger partial charge in [0.1, 0.15) is 0 Å². The molecule has 11 heavy (non-hydrogen) atoms. The summed E-state index contributed by atoms with van der Waals surface area (Å²) < 4.78 is 1.77. The Kier molecular flexibility index (Phi) is 1.94. The quantitative estimate of drug-likeness (QED) is 0.645. The Labute approximate surface area is 65.2 Å². The number of carbonyl (C=O) groups is 1. The summed E-state index contributed by atoms with van der Waals surface area (Å²) in [7, 11) is 1.84. The average molecular weight is 153 g/mol. The minimum atomic E-state index is -0.0984. The predicted molar refractivity (Wildman–Crippen MR) is 42.2 cm³/mol. The van der Waals surface area contributed by atoms with E-state index in [9.17, 15) is 4.79 Å². The van der Waals surface area contributed by atoms with Gasteiger partial charge in [0.15, 0.2) is 0 Å². The fourth-order valence-electron chi connectivity index (χ4n) is 0.890. The first-order valence-electron chi connectivity index (χ1n) is 3.37. The molecule has 1 aromatic heterocycles. The maximum absolute atomic E-state index is 10.6. The Morgan fingerprint density at radius 3 is 2.73 bits per heavy atom. The largest absolute Gasteiger partial charge is 0.320 e. The molecule has 1 aromatic rings. The van der Waals surface area contributed by atoms with Gasteiger partial charge in [0.05, 0.1) is 5.69 Å². The number of anilines is 1. The number of rotatable bonds is 1. The number of hydrogen-bond acceptors (Lipinski definition) is 2. The van der Waals surface area contributed by atoms with Crippen LogP contribution in [0, 0.1) is 6.92 Å². The van der Waals surface area contributed by atoms with E-state index in [1.54, 1.807) is 4.57 Å². The molecular formula is C7H11N3O. The second-order valence-electron chi connectivity index (χ2n) is 2.50. The zero-order valence-electron chi connectivity index (χ0n) is 6.88. The monoisotopic (exact) mass is 153 g/mol. The van der Waals surface area contributed by atoms with Crippen molar-refractivity contribution in [2.24, 2.45) is 7.05 Å². The van der Waals surface area contributed by atoms with Crippen molar-refractivity contribution in [3.05, 3.63) is 11.9 Å². The highest BCUT2D eigenvalue weighted by molar-refractivity contribution is 5.86. The van der Waals surface area contributed by atoms with Gasteiger partial charge in [-0.3, -0.25) is 10.1 Å². The van der Waals surface area contributed by atoms with Crippen molar-refractivity contribution in [3.63, 3.8) is 0 Å². The molecule has 0 aliphatic carbocycles. The summed E-state index contributed by atoms with van der Waals surface area (Å²) in [4.78, 5) is 14.7. The molecule has 0 bridgehead atoms. The van der Waals surface area contributed by atoms with Crippen LogP contribution in [0.25, 0.3) is 0 Å². The van der Waals surface area contributed by atoms with Gasteiger partial charge in [-0.2, -0.15) is 0 Å². The summed E-state index contributed by atoms with van der Waals surface area (Å²) in [5, 5.41) is 2.61. The smallest absolute Gasteiger partial charge is 0.223 e. The minimum Gasteiger partial charge on any atom is -0.320 e. The third kappa shape index (κ3) is 1.80.